The average molecular weight is 253 g/mol. The topological polar surface area (TPSA) is 78.8 Å². The second kappa shape index (κ2) is 7.55. The SMILES string of the molecule is CCCOCCCNC(=O)c1c(O)cccc1O. The highest BCUT2D eigenvalue weighted by Crippen LogP contribution is 2.25. The molecule has 0 atom stereocenters. The first-order valence-corrected chi connectivity index (χ1v) is 6.03. The normalized spacial score (nSPS) is 10.3. The van der Waals surface area contributed by atoms with Gasteiger partial charge in [-0.15, -0.1) is 0 Å². The van der Waals surface area contributed by atoms with Crippen molar-refractivity contribution in [2.75, 3.05) is 19.8 Å². The molecule has 0 radical (unpaired) electrons. The highest BCUT2D eigenvalue weighted by molar-refractivity contribution is 5.99. The lowest BCUT2D eigenvalue weighted by atomic mass is 10.1. The van der Waals surface area contributed by atoms with Crippen molar-refractivity contribution in [2.45, 2.75) is 19.8 Å². The molecule has 1 aromatic carbocycles. The number of nitrogens with one attached hydrogen (secondary N) is 1. The molecular formula is C13H19NO4. The van der Waals surface area contributed by atoms with Crippen molar-refractivity contribution >= 4 is 5.91 Å². The molecule has 0 fully saturated rings. The molecule has 18 heavy (non-hydrogen) atoms. The maximum Gasteiger partial charge on any atom is 0.258 e. The Balaban J connectivity index is 2.37. The molecule has 0 aliphatic heterocycles. The van der Waals surface area contributed by atoms with Crippen LogP contribution in [0.2, 0.25) is 0 Å². The number of hydrogen-bond acceptors (Lipinski definition) is 4. The molecule has 5 heteroatoms. The zero-order valence-corrected chi connectivity index (χ0v) is 10.5. The summed E-state index contributed by atoms with van der Waals surface area (Å²) < 4.78 is 5.27. The minimum Gasteiger partial charge on any atom is -0.507 e. The minimum atomic E-state index is -0.485. The van der Waals surface area contributed by atoms with E-state index in [1.807, 2.05) is 6.92 Å². The Kier molecular flexibility index (Phi) is 6.00. The zero-order chi connectivity index (χ0) is 13.4. The Morgan fingerprint density at radius 1 is 1.28 bits per heavy atom. The first-order chi connectivity index (χ1) is 8.66. The van der Waals surface area contributed by atoms with E-state index in [9.17, 15) is 15.0 Å². The van der Waals surface area contributed by atoms with E-state index in [0.717, 1.165) is 6.42 Å². The lowest BCUT2D eigenvalue weighted by Crippen LogP contribution is -2.25. The van der Waals surface area contributed by atoms with E-state index in [0.29, 0.717) is 26.2 Å². The molecule has 0 bridgehead atoms. The summed E-state index contributed by atoms with van der Waals surface area (Å²) in [5.74, 6) is -0.939. The predicted octanol–water partition coefficient (Wildman–Crippen LogP) is 1.64. The Bertz CT molecular complexity index is 372. The zero-order valence-electron chi connectivity index (χ0n) is 10.5. The number of aromatic hydroxyl groups is 2. The number of hydrogen-bond donors (Lipinski definition) is 3. The molecule has 0 spiro atoms. The van der Waals surface area contributed by atoms with Crippen LogP contribution >= 0.6 is 0 Å². The van der Waals surface area contributed by atoms with Gasteiger partial charge in [-0.1, -0.05) is 13.0 Å². The molecule has 0 aliphatic rings. The van der Waals surface area contributed by atoms with Crippen LogP contribution in [0, 0.1) is 0 Å². The van der Waals surface area contributed by atoms with Crippen molar-refractivity contribution in [1.82, 2.24) is 5.32 Å². The van der Waals surface area contributed by atoms with Gasteiger partial charge in [0.15, 0.2) is 0 Å². The van der Waals surface area contributed by atoms with Gasteiger partial charge in [-0.05, 0) is 25.0 Å². The number of phenolic OH excluding ortho intramolecular Hbond substituents is 2. The molecular weight excluding hydrogens is 234 g/mol. The van der Waals surface area contributed by atoms with Crippen LogP contribution in [0.5, 0.6) is 11.5 Å². The number of amides is 1. The van der Waals surface area contributed by atoms with E-state index in [2.05, 4.69) is 5.32 Å². The standard InChI is InChI=1S/C13H19NO4/c1-2-8-18-9-4-7-14-13(17)12-10(15)5-3-6-11(12)16/h3,5-6,15-16H,2,4,7-9H2,1H3,(H,14,17). The number of benzene rings is 1. The van der Waals surface area contributed by atoms with Crippen LogP contribution in [-0.2, 0) is 4.74 Å². The monoisotopic (exact) mass is 253 g/mol. The van der Waals surface area contributed by atoms with Crippen molar-refractivity contribution in [3.8, 4) is 11.5 Å². The third kappa shape index (κ3) is 4.25. The van der Waals surface area contributed by atoms with Crippen LogP contribution < -0.4 is 5.32 Å². The largest absolute Gasteiger partial charge is 0.507 e. The van der Waals surface area contributed by atoms with Gasteiger partial charge in [0.2, 0.25) is 0 Å². The Labute approximate surface area is 106 Å². The van der Waals surface area contributed by atoms with E-state index in [1.165, 1.54) is 18.2 Å². The molecule has 100 valence electrons. The molecule has 0 aliphatic carbocycles. The Hall–Kier alpha value is -1.75. The molecule has 0 aromatic heterocycles. The summed E-state index contributed by atoms with van der Waals surface area (Å²) >= 11 is 0. The van der Waals surface area contributed by atoms with Crippen LogP contribution in [0.1, 0.15) is 30.1 Å². The van der Waals surface area contributed by atoms with Crippen LogP contribution in [0.3, 0.4) is 0 Å². The molecule has 1 rings (SSSR count). The maximum atomic E-state index is 11.7. The minimum absolute atomic E-state index is 0.0908. The van der Waals surface area contributed by atoms with Gasteiger partial charge in [-0.2, -0.15) is 0 Å². The van der Waals surface area contributed by atoms with E-state index in [1.54, 1.807) is 0 Å². The second-order valence-electron chi connectivity index (χ2n) is 3.89. The van der Waals surface area contributed by atoms with Crippen LogP contribution in [-0.4, -0.2) is 35.9 Å². The van der Waals surface area contributed by atoms with Crippen molar-refractivity contribution in [3.63, 3.8) is 0 Å². The van der Waals surface area contributed by atoms with E-state index >= 15 is 0 Å². The summed E-state index contributed by atoms with van der Waals surface area (Å²) in [7, 11) is 0. The third-order valence-electron chi connectivity index (χ3n) is 2.35. The number of rotatable bonds is 7. The second-order valence-corrected chi connectivity index (χ2v) is 3.89. The molecule has 0 saturated heterocycles. The number of phenols is 2. The maximum absolute atomic E-state index is 11.7. The van der Waals surface area contributed by atoms with Gasteiger partial charge in [0.1, 0.15) is 17.1 Å². The molecule has 1 aromatic rings. The van der Waals surface area contributed by atoms with E-state index < -0.39 is 5.91 Å². The van der Waals surface area contributed by atoms with Crippen molar-refractivity contribution in [1.29, 1.82) is 0 Å². The molecule has 3 N–H and O–H groups in total. The molecule has 0 heterocycles. The van der Waals surface area contributed by atoms with Crippen molar-refractivity contribution in [2.24, 2.45) is 0 Å². The first-order valence-electron chi connectivity index (χ1n) is 6.03. The number of carbonyl (C=O) groups excluding carboxylic acids is 1. The molecule has 5 nitrogen and oxygen atoms in total. The van der Waals surface area contributed by atoms with Gasteiger partial charge in [-0.25, -0.2) is 0 Å². The average Bonchev–Trinajstić information content (AvgIpc) is 2.33. The van der Waals surface area contributed by atoms with Crippen LogP contribution in [0.15, 0.2) is 18.2 Å². The Morgan fingerprint density at radius 2 is 1.94 bits per heavy atom. The summed E-state index contributed by atoms with van der Waals surface area (Å²) in [5.41, 5.74) is -0.0908. The third-order valence-corrected chi connectivity index (χ3v) is 2.35. The first kappa shape index (κ1) is 14.3. The number of ether oxygens (including phenoxy) is 1. The van der Waals surface area contributed by atoms with E-state index in [-0.39, 0.29) is 17.1 Å². The quantitative estimate of drug-likeness (QED) is 0.645. The lowest BCUT2D eigenvalue weighted by molar-refractivity contribution is 0.0936. The highest BCUT2D eigenvalue weighted by atomic mass is 16.5. The fourth-order valence-electron chi connectivity index (χ4n) is 1.47. The van der Waals surface area contributed by atoms with Gasteiger partial charge in [0.05, 0.1) is 0 Å². The number of carbonyl (C=O) groups is 1. The fourth-order valence-corrected chi connectivity index (χ4v) is 1.47. The fraction of sp³-hybridized carbons (Fsp3) is 0.462. The summed E-state index contributed by atoms with van der Waals surface area (Å²) in [6.45, 7) is 3.77. The van der Waals surface area contributed by atoms with E-state index in [4.69, 9.17) is 4.74 Å². The highest BCUT2D eigenvalue weighted by Gasteiger charge is 2.14. The summed E-state index contributed by atoms with van der Waals surface area (Å²) in [6.07, 6.45) is 1.66. The predicted molar refractivity (Wildman–Crippen MR) is 67.8 cm³/mol. The molecule has 0 unspecified atom stereocenters. The smallest absolute Gasteiger partial charge is 0.258 e. The van der Waals surface area contributed by atoms with Gasteiger partial charge in [-0.3, -0.25) is 4.79 Å². The van der Waals surface area contributed by atoms with Crippen LogP contribution in [0.4, 0.5) is 0 Å². The van der Waals surface area contributed by atoms with Crippen molar-refractivity contribution in [3.05, 3.63) is 23.8 Å². The van der Waals surface area contributed by atoms with Gasteiger partial charge >= 0.3 is 0 Å². The summed E-state index contributed by atoms with van der Waals surface area (Å²) in [6, 6.07) is 4.19. The lowest BCUT2D eigenvalue weighted by Gasteiger charge is -2.08. The Morgan fingerprint density at radius 3 is 2.56 bits per heavy atom. The van der Waals surface area contributed by atoms with Crippen molar-refractivity contribution < 1.29 is 19.7 Å². The van der Waals surface area contributed by atoms with Gasteiger partial charge in [0, 0.05) is 19.8 Å². The summed E-state index contributed by atoms with van der Waals surface area (Å²) in [4.78, 5) is 11.7. The molecule has 0 saturated carbocycles. The van der Waals surface area contributed by atoms with Gasteiger partial charge < -0.3 is 20.3 Å². The van der Waals surface area contributed by atoms with Crippen LogP contribution in [0.25, 0.3) is 0 Å². The molecule has 1 amide bonds. The summed E-state index contributed by atoms with van der Waals surface area (Å²) in [5, 5.41) is 21.6. The van der Waals surface area contributed by atoms with Gasteiger partial charge in [0.25, 0.3) is 5.91 Å².